The van der Waals surface area contributed by atoms with E-state index in [9.17, 15) is 0 Å². The van der Waals surface area contributed by atoms with Gasteiger partial charge < -0.3 is 14.7 Å². The minimum atomic E-state index is -0.226. The van der Waals surface area contributed by atoms with Crippen LogP contribution >= 0.6 is 0 Å². The van der Waals surface area contributed by atoms with Gasteiger partial charge in [-0.2, -0.15) is 0 Å². The normalized spacial score (nSPS) is 14.1. The molecule has 10 aromatic carbocycles. The van der Waals surface area contributed by atoms with Crippen LogP contribution in [0.5, 0.6) is 0 Å². The summed E-state index contributed by atoms with van der Waals surface area (Å²) in [6.45, 7) is 18.8. The number of para-hydroxylation sites is 4. The van der Waals surface area contributed by atoms with E-state index < -0.39 is 0 Å². The summed E-state index contributed by atoms with van der Waals surface area (Å²) in [6.07, 6.45) is 0. The SMILES string of the molecule is CC(C)(C)c1ccc2c(c1)B1c3cc(C(C)(C)C)ccc3N(c3c(-c4ccccc4)cccc3-c3ccccc3)c3cc(N4c5ccccc5C(C)(C)c5ccccc54)cc(c31)N2c1ccccc1-c1ccccc1. The molecule has 0 saturated heterocycles. The summed E-state index contributed by atoms with van der Waals surface area (Å²) in [5.74, 6) is 0. The Bertz CT molecular complexity index is 3740. The summed E-state index contributed by atoms with van der Waals surface area (Å²) in [7, 11) is 0. The second-order valence-corrected chi connectivity index (χ2v) is 23.4. The van der Waals surface area contributed by atoms with Crippen LogP contribution in [0, 0.1) is 0 Å². The minimum absolute atomic E-state index is 0.0897. The molecule has 0 spiro atoms. The van der Waals surface area contributed by atoms with Gasteiger partial charge in [0.15, 0.2) is 0 Å². The molecule has 3 nitrogen and oxygen atoms in total. The number of fused-ring (bicyclic) bond motifs is 6. The third-order valence-electron chi connectivity index (χ3n) is 16.3. The molecule has 4 heteroatoms. The van der Waals surface area contributed by atoms with E-state index in [1.54, 1.807) is 0 Å². The number of benzene rings is 10. The highest BCUT2D eigenvalue weighted by Gasteiger charge is 2.47. The molecule has 3 aliphatic rings. The van der Waals surface area contributed by atoms with Crippen molar-refractivity contribution in [1.29, 1.82) is 0 Å². The van der Waals surface area contributed by atoms with Crippen LogP contribution in [0.3, 0.4) is 0 Å². The van der Waals surface area contributed by atoms with Gasteiger partial charge in [0.1, 0.15) is 0 Å². The average molecular weight is 968 g/mol. The Morgan fingerprint density at radius 3 is 1.23 bits per heavy atom. The fraction of sp³-hybridized carbons (Fsp3) is 0.155. The molecule has 0 atom stereocenters. The lowest BCUT2D eigenvalue weighted by atomic mass is 9.33. The maximum Gasteiger partial charge on any atom is 0.252 e. The highest BCUT2D eigenvalue weighted by atomic mass is 15.2. The number of rotatable bonds is 6. The molecular weight excluding hydrogens is 906 g/mol. The maximum absolute atomic E-state index is 2.66. The molecule has 75 heavy (non-hydrogen) atoms. The van der Waals surface area contributed by atoms with Crippen molar-refractivity contribution < 1.29 is 0 Å². The second kappa shape index (κ2) is 17.4. The highest BCUT2D eigenvalue weighted by molar-refractivity contribution is 7.00. The molecule has 3 aliphatic heterocycles. The molecule has 3 heterocycles. The van der Waals surface area contributed by atoms with Crippen molar-refractivity contribution in [2.75, 3.05) is 14.7 Å². The predicted octanol–water partition coefficient (Wildman–Crippen LogP) is 17.5. The molecule has 0 bridgehead atoms. The third kappa shape index (κ3) is 7.48. The summed E-state index contributed by atoms with van der Waals surface area (Å²) in [5.41, 5.74) is 26.3. The van der Waals surface area contributed by atoms with Crippen LogP contribution in [-0.2, 0) is 16.2 Å². The van der Waals surface area contributed by atoms with Crippen LogP contribution in [0.2, 0.25) is 0 Å². The van der Waals surface area contributed by atoms with Gasteiger partial charge in [0.25, 0.3) is 6.71 Å². The van der Waals surface area contributed by atoms with E-state index in [0.717, 1.165) is 22.7 Å². The summed E-state index contributed by atoms with van der Waals surface area (Å²) >= 11 is 0. The first-order valence-corrected chi connectivity index (χ1v) is 26.7. The van der Waals surface area contributed by atoms with E-state index in [1.165, 1.54) is 100 Å². The van der Waals surface area contributed by atoms with Gasteiger partial charge >= 0.3 is 0 Å². The van der Waals surface area contributed by atoms with E-state index >= 15 is 0 Å². The van der Waals surface area contributed by atoms with Gasteiger partial charge in [-0.25, -0.2) is 0 Å². The molecule has 0 N–H and O–H groups in total. The van der Waals surface area contributed by atoms with Crippen molar-refractivity contribution in [3.63, 3.8) is 0 Å². The van der Waals surface area contributed by atoms with Crippen LogP contribution in [0.15, 0.2) is 231 Å². The fourth-order valence-electron chi connectivity index (χ4n) is 12.5. The zero-order valence-electron chi connectivity index (χ0n) is 44.4. The lowest BCUT2D eigenvalue weighted by Crippen LogP contribution is -2.61. The Morgan fingerprint density at radius 2 is 0.733 bits per heavy atom. The van der Waals surface area contributed by atoms with Crippen LogP contribution in [0.25, 0.3) is 33.4 Å². The zero-order valence-corrected chi connectivity index (χ0v) is 44.4. The van der Waals surface area contributed by atoms with Gasteiger partial charge in [0, 0.05) is 44.9 Å². The maximum atomic E-state index is 2.66. The first-order chi connectivity index (χ1) is 36.3. The van der Waals surface area contributed by atoms with Crippen LogP contribution in [0.1, 0.15) is 77.6 Å². The monoisotopic (exact) mass is 968 g/mol. The fourth-order valence-corrected chi connectivity index (χ4v) is 12.5. The predicted molar refractivity (Wildman–Crippen MR) is 321 cm³/mol. The van der Waals surface area contributed by atoms with Crippen molar-refractivity contribution >= 4 is 74.3 Å². The van der Waals surface area contributed by atoms with E-state index in [-0.39, 0.29) is 23.0 Å². The Kier molecular flexibility index (Phi) is 10.8. The first-order valence-electron chi connectivity index (χ1n) is 26.7. The van der Waals surface area contributed by atoms with E-state index in [1.807, 2.05) is 0 Å². The van der Waals surface area contributed by atoms with Crippen molar-refractivity contribution in [2.24, 2.45) is 0 Å². The van der Waals surface area contributed by atoms with Crippen molar-refractivity contribution in [3.8, 4) is 33.4 Å². The number of nitrogens with zero attached hydrogens (tertiary/aromatic N) is 3. The van der Waals surface area contributed by atoms with Gasteiger partial charge in [-0.15, -0.1) is 0 Å². The quantitative estimate of drug-likeness (QED) is 0.154. The average Bonchev–Trinajstić information content (AvgIpc) is 3.48. The van der Waals surface area contributed by atoms with E-state index in [0.29, 0.717) is 0 Å². The number of anilines is 9. The van der Waals surface area contributed by atoms with Crippen molar-refractivity contribution in [2.45, 2.75) is 71.6 Å². The van der Waals surface area contributed by atoms with Gasteiger partial charge in [0.05, 0.1) is 28.4 Å². The minimum Gasteiger partial charge on any atom is -0.311 e. The molecule has 0 aliphatic carbocycles. The van der Waals surface area contributed by atoms with E-state index in [2.05, 4.69) is 301 Å². The Balaban J connectivity index is 1.23. The molecule has 0 saturated carbocycles. The molecule has 0 unspecified atom stereocenters. The molecule has 364 valence electrons. The lowest BCUT2D eigenvalue weighted by Gasteiger charge is -2.47. The van der Waals surface area contributed by atoms with Crippen molar-refractivity contribution in [1.82, 2.24) is 0 Å². The molecule has 10 aromatic rings. The van der Waals surface area contributed by atoms with Crippen LogP contribution in [0.4, 0.5) is 51.2 Å². The molecule has 0 amide bonds. The molecule has 13 rings (SSSR count). The topological polar surface area (TPSA) is 9.72 Å². The van der Waals surface area contributed by atoms with Gasteiger partial charge in [0.2, 0.25) is 0 Å². The summed E-state index contributed by atoms with van der Waals surface area (Å²) in [6, 6.07) is 86.9. The standard InChI is InChI=1S/C71H62BN3/c1-69(2,3)50-39-41-63-58(43-50)72-59-44-51(70(4,5)6)40-42-64(59)75(68-54(48-27-14-10-15-28-48)32-24-33-55(68)49-29-16-11-17-30-49)66-46-52(73-61-37-22-19-34-56(61)71(7,8)57-35-20-23-38-62(57)73)45-65(67(66)72)74(63)60-36-21-18-31-53(60)47-25-12-9-13-26-47/h9-46H,1-8H3. The molecule has 0 fully saturated rings. The second-order valence-electron chi connectivity index (χ2n) is 23.4. The lowest BCUT2D eigenvalue weighted by molar-refractivity contribution is 0.590. The summed E-state index contributed by atoms with van der Waals surface area (Å²) in [5, 5.41) is 0. The van der Waals surface area contributed by atoms with E-state index in [4.69, 9.17) is 0 Å². The third-order valence-corrected chi connectivity index (χ3v) is 16.3. The van der Waals surface area contributed by atoms with Gasteiger partial charge in [-0.3, -0.25) is 0 Å². The molecule has 0 radical (unpaired) electrons. The van der Waals surface area contributed by atoms with Gasteiger partial charge in [-0.05, 0) is 109 Å². The molecular formula is C71H62BN3. The van der Waals surface area contributed by atoms with Gasteiger partial charge in [-0.1, -0.05) is 243 Å². The first kappa shape index (κ1) is 46.5. The van der Waals surface area contributed by atoms with Crippen LogP contribution < -0.4 is 31.1 Å². The smallest absolute Gasteiger partial charge is 0.252 e. The van der Waals surface area contributed by atoms with Crippen molar-refractivity contribution in [3.05, 3.63) is 253 Å². The summed E-state index contributed by atoms with van der Waals surface area (Å²) < 4.78 is 0. The Labute approximate surface area is 444 Å². The molecule has 0 aromatic heterocycles. The Morgan fingerprint density at radius 1 is 0.333 bits per heavy atom. The Hall–Kier alpha value is -8.34. The number of hydrogen-bond acceptors (Lipinski definition) is 3. The zero-order chi connectivity index (χ0) is 51.4. The highest BCUT2D eigenvalue weighted by Crippen LogP contribution is 2.56. The summed E-state index contributed by atoms with van der Waals surface area (Å²) in [4.78, 5) is 7.84. The van der Waals surface area contributed by atoms with Crippen LogP contribution in [-0.4, -0.2) is 6.71 Å². The largest absolute Gasteiger partial charge is 0.311 e. The number of hydrogen-bond donors (Lipinski definition) is 0.